The molecular formula is C19H24N4O3S2. The first-order chi connectivity index (χ1) is 13.5. The first-order valence-electron chi connectivity index (χ1n) is 9.38. The molecule has 2 aromatic rings. The molecule has 0 radical (unpaired) electrons. The van der Waals surface area contributed by atoms with Crippen LogP contribution in [0.3, 0.4) is 0 Å². The number of aryl methyl sites for hydroxylation is 2. The summed E-state index contributed by atoms with van der Waals surface area (Å²) in [5.74, 6) is 0.323. The molecule has 4 rings (SSSR count). The summed E-state index contributed by atoms with van der Waals surface area (Å²) >= 11 is 1.24. The van der Waals surface area contributed by atoms with Crippen molar-refractivity contribution >= 4 is 33.0 Å². The molecule has 0 spiro atoms. The highest BCUT2D eigenvalue weighted by Crippen LogP contribution is 2.27. The zero-order valence-electron chi connectivity index (χ0n) is 15.6. The Morgan fingerprint density at radius 2 is 1.96 bits per heavy atom. The van der Waals surface area contributed by atoms with Crippen LogP contribution in [0.1, 0.15) is 22.4 Å². The molecular weight excluding hydrogens is 396 g/mol. The average Bonchev–Trinajstić information content (AvgIpc) is 3.36. The SMILES string of the molecule is NC(=NCc1ccc(S(=O)(=O)N2CCOCC2)s1)Nc1ccc2c(c1)CCC2. The summed E-state index contributed by atoms with van der Waals surface area (Å²) in [6.07, 6.45) is 3.46. The standard InChI is InChI=1S/C19H24N4O3S2/c20-19(22-16-5-4-14-2-1-3-15(14)12-16)21-13-17-6-7-18(27-17)28(24,25)23-8-10-26-11-9-23/h4-7,12H,1-3,8-11,13H2,(H3,20,21,22). The number of thiophene rings is 1. The van der Waals surface area contributed by atoms with Crippen LogP contribution in [0.25, 0.3) is 0 Å². The molecule has 1 aliphatic heterocycles. The van der Waals surface area contributed by atoms with E-state index in [0.29, 0.717) is 43.0 Å². The van der Waals surface area contributed by atoms with Gasteiger partial charge in [-0.1, -0.05) is 6.07 Å². The number of nitrogens with zero attached hydrogens (tertiary/aromatic N) is 2. The lowest BCUT2D eigenvalue weighted by Crippen LogP contribution is -2.40. The van der Waals surface area contributed by atoms with Crippen LogP contribution in [0, 0.1) is 0 Å². The molecule has 2 heterocycles. The second kappa shape index (κ2) is 8.20. The lowest BCUT2D eigenvalue weighted by atomic mass is 10.1. The van der Waals surface area contributed by atoms with Gasteiger partial charge in [0.2, 0.25) is 0 Å². The average molecular weight is 421 g/mol. The molecule has 1 aliphatic carbocycles. The van der Waals surface area contributed by atoms with Gasteiger partial charge in [-0.15, -0.1) is 11.3 Å². The summed E-state index contributed by atoms with van der Waals surface area (Å²) in [6.45, 7) is 2.00. The summed E-state index contributed by atoms with van der Waals surface area (Å²) in [6, 6.07) is 9.72. The van der Waals surface area contributed by atoms with Crippen molar-refractivity contribution in [3.05, 3.63) is 46.3 Å². The summed E-state index contributed by atoms with van der Waals surface area (Å²) in [5.41, 5.74) is 9.73. The Kier molecular flexibility index (Phi) is 5.68. The smallest absolute Gasteiger partial charge is 0.252 e. The van der Waals surface area contributed by atoms with Gasteiger partial charge in [-0.25, -0.2) is 13.4 Å². The quantitative estimate of drug-likeness (QED) is 0.571. The maximum atomic E-state index is 12.7. The first-order valence-corrected chi connectivity index (χ1v) is 11.6. The number of nitrogens with two attached hydrogens (primary N) is 1. The zero-order chi connectivity index (χ0) is 19.6. The van der Waals surface area contributed by atoms with Gasteiger partial charge in [0, 0.05) is 23.7 Å². The highest BCUT2D eigenvalue weighted by Gasteiger charge is 2.27. The molecule has 3 N–H and O–H groups in total. The fraction of sp³-hybridized carbons (Fsp3) is 0.421. The van der Waals surface area contributed by atoms with Crippen LogP contribution in [0.4, 0.5) is 5.69 Å². The number of ether oxygens (including phenoxy) is 1. The van der Waals surface area contributed by atoms with E-state index in [1.165, 1.54) is 33.2 Å². The minimum absolute atomic E-state index is 0.323. The number of morpholine rings is 1. The first kappa shape index (κ1) is 19.4. The van der Waals surface area contributed by atoms with Crippen LogP contribution in [-0.2, 0) is 34.1 Å². The Morgan fingerprint density at radius 3 is 2.79 bits per heavy atom. The molecule has 150 valence electrons. The van der Waals surface area contributed by atoms with E-state index < -0.39 is 10.0 Å². The fourth-order valence-corrected chi connectivity index (χ4v) is 6.34. The fourth-order valence-electron chi connectivity index (χ4n) is 3.50. The molecule has 1 fully saturated rings. The lowest BCUT2D eigenvalue weighted by Gasteiger charge is -2.25. The van der Waals surface area contributed by atoms with E-state index in [1.807, 2.05) is 6.07 Å². The van der Waals surface area contributed by atoms with Gasteiger partial charge in [-0.05, 0) is 54.7 Å². The number of benzene rings is 1. The van der Waals surface area contributed by atoms with E-state index in [2.05, 4.69) is 22.4 Å². The third kappa shape index (κ3) is 4.22. The molecule has 1 aromatic carbocycles. The van der Waals surface area contributed by atoms with Crippen molar-refractivity contribution in [2.45, 2.75) is 30.0 Å². The summed E-state index contributed by atoms with van der Waals surface area (Å²) < 4.78 is 32.4. The third-order valence-corrected chi connectivity index (χ3v) is 8.41. The number of aliphatic imine (C=N–C) groups is 1. The number of guanidine groups is 1. The summed E-state index contributed by atoms with van der Waals surface area (Å²) in [7, 11) is -3.46. The molecule has 1 saturated heterocycles. The van der Waals surface area contributed by atoms with E-state index in [0.717, 1.165) is 23.4 Å². The van der Waals surface area contributed by atoms with Gasteiger partial charge in [-0.3, -0.25) is 0 Å². The van der Waals surface area contributed by atoms with Crippen molar-refractivity contribution in [2.75, 3.05) is 31.6 Å². The van der Waals surface area contributed by atoms with Crippen molar-refractivity contribution in [1.29, 1.82) is 0 Å². The van der Waals surface area contributed by atoms with Gasteiger partial charge in [0.25, 0.3) is 10.0 Å². The van der Waals surface area contributed by atoms with Crippen molar-refractivity contribution in [2.24, 2.45) is 10.7 Å². The number of rotatable bonds is 5. The molecule has 0 atom stereocenters. The molecule has 0 saturated carbocycles. The molecule has 28 heavy (non-hydrogen) atoms. The Balaban J connectivity index is 1.39. The summed E-state index contributed by atoms with van der Waals surface area (Å²) in [4.78, 5) is 5.21. The Hall–Kier alpha value is -1.94. The van der Waals surface area contributed by atoms with Crippen LogP contribution >= 0.6 is 11.3 Å². The van der Waals surface area contributed by atoms with Crippen molar-refractivity contribution < 1.29 is 13.2 Å². The van der Waals surface area contributed by atoms with Gasteiger partial charge >= 0.3 is 0 Å². The number of anilines is 1. The van der Waals surface area contributed by atoms with Crippen LogP contribution < -0.4 is 11.1 Å². The maximum absolute atomic E-state index is 12.7. The van der Waals surface area contributed by atoms with E-state index in [-0.39, 0.29) is 0 Å². The topological polar surface area (TPSA) is 97.0 Å². The van der Waals surface area contributed by atoms with E-state index in [9.17, 15) is 8.42 Å². The minimum atomic E-state index is -3.46. The van der Waals surface area contributed by atoms with E-state index >= 15 is 0 Å². The number of fused-ring (bicyclic) bond motifs is 1. The van der Waals surface area contributed by atoms with Gasteiger partial charge in [0.05, 0.1) is 19.8 Å². The summed E-state index contributed by atoms with van der Waals surface area (Å²) in [5, 5.41) is 3.12. The number of hydrogen-bond donors (Lipinski definition) is 2. The molecule has 0 amide bonds. The van der Waals surface area contributed by atoms with Crippen molar-refractivity contribution in [3.8, 4) is 0 Å². The van der Waals surface area contributed by atoms with Crippen LogP contribution in [0.15, 0.2) is 39.5 Å². The van der Waals surface area contributed by atoms with Gasteiger partial charge < -0.3 is 15.8 Å². The highest BCUT2D eigenvalue weighted by atomic mass is 32.2. The largest absolute Gasteiger partial charge is 0.379 e. The van der Waals surface area contributed by atoms with E-state index in [1.54, 1.807) is 12.1 Å². The second-order valence-corrected chi connectivity index (χ2v) is 10.2. The molecule has 0 bridgehead atoms. The minimum Gasteiger partial charge on any atom is -0.379 e. The molecule has 2 aliphatic rings. The van der Waals surface area contributed by atoms with E-state index in [4.69, 9.17) is 10.5 Å². The monoisotopic (exact) mass is 420 g/mol. The second-order valence-electron chi connectivity index (χ2n) is 6.90. The Morgan fingerprint density at radius 1 is 1.18 bits per heavy atom. The van der Waals surface area contributed by atoms with Crippen molar-refractivity contribution in [1.82, 2.24) is 4.31 Å². The number of nitrogens with one attached hydrogen (secondary N) is 1. The molecule has 7 nitrogen and oxygen atoms in total. The molecule has 0 unspecified atom stereocenters. The Labute approximate surface area is 169 Å². The van der Waals surface area contributed by atoms with Gasteiger partial charge in [0.15, 0.2) is 5.96 Å². The van der Waals surface area contributed by atoms with Crippen LogP contribution in [0.2, 0.25) is 0 Å². The normalized spacial score (nSPS) is 18.2. The lowest BCUT2D eigenvalue weighted by molar-refractivity contribution is 0.0731. The Bertz CT molecular complexity index is 979. The predicted molar refractivity (Wildman–Crippen MR) is 111 cm³/mol. The third-order valence-electron chi connectivity index (χ3n) is 4.98. The van der Waals surface area contributed by atoms with Crippen LogP contribution in [0.5, 0.6) is 0 Å². The van der Waals surface area contributed by atoms with Crippen LogP contribution in [-0.4, -0.2) is 45.0 Å². The molecule has 9 heteroatoms. The van der Waals surface area contributed by atoms with Gasteiger partial charge in [0.1, 0.15) is 4.21 Å². The highest BCUT2D eigenvalue weighted by molar-refractivity contribution is 7.91. The zero-order valence-corrected chi connectivity index (χ0v) is 17.2. The van der Waals surface area contributed by atoms with Crippen molar-refractivity contribution in [3.63, 3.8) is 0 Å². The molecule has 1 aromatic heterocycles. The number of sulfonamides is 1. The number of hydrogen-bond acceptors (Lipinski definition) is 5. The predicted octanol–water partition coefficient (Wildman–Crippen LogP) is 2.18. The van der Waals surface area contributed by atoms with Gasteiger partial charge in [-0.2, -0.15) is 4.31 Å². The maximum Gasteiger partial charge on any atom is 0.252 e.